The van der Waals surface area contributed by atoms with Crippen molar-refractivity contribution in [2.24, 2.45) is 0 Å². The fourth-order valence-electron chi connectivity index (χ4n) is 4.74. The van der Waals surface area contributed by atoms with Crippen LogP contribution in [0.25, 0.3) is 21.5 Å². The van der Waals surface area contributed by atoms with Gasteiger partial charge in [0.15, 0.2) is 0 Å². The number of fused-ring (bicyclic) bond motifs is 3. The van der Waals surface area contributed by atoms with E-state index in [4.69, 9.17) is 17.0 Å². The zero-order chi connectivity index (χ0) is 27.0. The van der Waals surface area contributed by atoms with Crippen molar-refractivity contribution in [3.63, 3.8) is 0 Å². The minimum absolute atomic E-state index is 0.183. The quantitative estimate of drug-likeness (QED) is 0.132. The van der Waals surface area contributed by atoms with Crippen LogP contribution in [0.5, 0.6) is 0 Å². The molecular formula is C34H32Cl2SiZr-2. The summed E-state index contributed by atoms with van der Waals surface area (Å²) in [5, 5.41) is 8.24. The first-order valence-electron chi connectivity index (χ1n) is 12.8. The first kappa shape index (κ1) is 28.8. The molecule has 6 rings (SSSR count). The molecule has 0 N–H and O–H groups in total. The zero-order valence-electron chi connectivity index (χ0n) is 22.0. The topological polar surface area (TPSA) is 0 Å². The average molecular weight is 631 g/mol. The predicted octanol–water partition coefficient (Wildman–Crippen LogP) is 9.13. The van der Waals surface area contributed by atoms with E-state index in [9.17, 15) is 0 Å². The normalized spacial score (nSPS) is 10.8. The van der Waals surface area contributed by atoms with Crippen molar-refractivity contribution in [3.05, 3.63) is 145 Å². The summed E-state index contributed by atoms with van der Waals surface area (Å²) >= 11 is -2.26. The minimum Gasteiger partial charge on any atom is -0.214 e. The van der Waals surface area contributed by atoms with E-state index in [2.05, 4.69) is 118 Å². The Morgan fingerprint density at radius 1 is 0.579 bits per heavy atom. The summed E-state index contributed by atoms with van der Waals surface area (Å²) in [7, 11) is 12.6. The molecule has 0 heterocycles. The minimum atomic E-state index is -2.26. The fraction of sp³-hybridized carbons (Fsp3) is 0.118. The van der Waals surface area contributed by atoms with Crippen LogP contribution in [0.3, 0.4) is 0 Å². The monoisotopic (exact) mass is 628 g/mol. The first-order chi connectivity index (χ1) is 18.4. The number of halogens is 2. The molecule has 4 heteroatoms. The van der Waals surface area contributed by atoms with Gasteiger partial charge in [-0.15, -0.1) is 39.2 Å². The van der Waals surface area contributed by atoms with Gasteiger partial charge in [0.25, 0.3) is 0 Å². The molecule has 192 valence electrons. The van der Waals surface area contributed by atoms with Crippen molar-refractivity contribution in [1.82, 2.24) is 0 Å². The molecule has 0 radical (unpaired) electrons. The molecule has 0 aromatic heterocycles. The summed E-state index contributed by atoms with van der Waals surface area (Å²) in [6.45, 7) is 6.88. The Balaban J connectivity index is 0.000000150. The standard InChI is InChI=1S/C17H17.C12H10Si.C5H5.2ClH.Zr/c1-17(2,3)16-14-10-6-4-8-12(14)13-9-5-7-11-15(13)16;1-3-7-11(8-4-1)13-12-9-5-2-6-10-12;1-2-4-5-3-1;;;/h4-11H,1-3H3;1-10H;1-5H;2*1H;/q-1;;-1;;;+2/p-2. The third-order valence-corrected chi connectivity index (χ3v) is 22.3. The molecule has 6 aromatic carbocycles. The van der Waals surface area contributed by atoms with E-state index in [1.165, 1.54) is 37.5 Å². The van der Waals surface area contributed by atoms with Gasteiger partial charge in [-0.3, -0.25) is 0 Å². The summed E-state index contributed by atoms with van der Waals surface area (Å²) in [5.74, 6) is 0. The Kier molecular flexibility index (Phi) is 10.4. The van der Waals surface area contributed by atoms with E-state index in [0.717, 1.165) is 0 Å². The van der Waals surface area contributed by atoms with Gasteiger partial charge in [-0.1, -0.05) is 57.2 Å². The van der Waals surface area contributed by atoms with Gasteiger partial charge in [-0.2, -0.15) is 18.2 Å². The summed E-state index contributed by atoms with van der Waals surface area (Å²) in [5.41, 5.74) is 0.770. The third kappa shape index (κ3) is 7.25. The van der Waals surface area contributed by atoms with Crippen LogP contribution in [-0.4, -0.2) is 5.43 Å². The Bertz CT molecular complexity index is 1480. The third-order valence-electron chi connectivity index (χ3n) is 6.30. The van der Waals surface area contributed by atoms with E-state index in [1.807, 2.05) is 42.5 Å². The van der Waals surface area contributed by atoms with Gasteiger partial charge in [0, 0.05) is 0 Å². The van der Waals surface area contributed by atoms with Crippen molar-refractivity contribution in [2.75, 3.05) is 0 Å². The predicted molar refractivity (Wildman–Crippen MR) is 167 cm³/mol. The Morgan fingerprint density at radius 3 is 1.32 bits per heavy atom. The van der Waals surface area contributed by atoms with Gasteiger partial charge in [-0.25, -0.2) is 12.1 Å². The molecule has 0 aliphatic carbocycles. The van der Waals surface area contributed by atoms with Gasteiger partial charge >= 0.3 is 111 Å². The Morgan fingerprint density at radius 2 is 0.974 bits per heavy atom. The van der Waals surface area contributed by atoms with E-state index >= 15 is 0 Å². The second kappa shape index (κ2) is 13.7. The molecule has 0 unspecified atom stereocenters. The summed E-state index contributed by atoms with van der Waals surface area (Å²) in [6, 6.07) is 48.3. The number of hydrogen-bond donors (Lipinski definition) is 0. The van der Waals surface area contributed by atoms with E-state index < -0.39 is 23.4 Å². The second-order valence-corrected chi connectivity index (χ2v) is 29.2. The average Bonchev–Trinajstić information content (AvgIpc) is 3.61. The van der Waals surface area contributed by atoms with Gasteiger partial charge in [0.05, 0.1) is 0 Å². The molecule has 38 heavy (non-hydrogen) atoms. The van der Waals surface area contributed by atoms with Crippen LogP contribution >= 0.6 is 17.0 Å². The van der Waals surface area contributed by atoms with Crippen molar-refractivity contribution in [3.8, 4) is 0 Å². The molecule has 0 saturated carbocycles. The number of rotatable bonds is 2. The van der Waals surface area contributed by atoms with Crippen molar-refractivity contribution >= 4 is 54.4 Å². The van der Waals surface area contributed by atoms with E-state index in [0.29, 0.717) is 0 Å². The molecule has 0 atom stereocenters. The van der Waals surface area contributed by atoms with Crippen LogP contribution in [0.1, 0.15) is 26.3 Å². The first-order valence-corrected chi connectivity index (χ1v) is 24.3. The van der Waals surface area contributed by atoms with Gasteiger partial charge in [0.1, 0.15) is 0 Å². The number of hydrogen-bond acceptors (Lipinski definition) is 0. The van der Waals surface area contributed by atoms with Crippen LogP contribution < -0.4 is 10.4 Å². The molecule has 0 aliphatic heterocycles. The maximum Gasteiger partial charge on any atom is -0.172 e. The van der Waals surface area contributed by atoms with Crippen molar-refractivity contribution in [1.29, 1.82) is 0 Å². The van der Waals surface area contributed by atoms with Crippen molar-refractivity contribution in [2.45, 2.75) is 26.2 Å². The molecule has 0 amide bonds. The van der Waals surface area contributed by atoms with Crippen LogP contribution in [-0.2, 0) is 23.4 Å². The van der Waals surface area contributed by atoms with Gasteiger partial charge < -0.3 is 0 Å². The largest absolute Gasteiger partial charge is 0.214 e. The molecule has 0 bridgehead atoms. The van der Waals surface area contributed by atoms with Crippen molar-refractivity contribution < 1.29 is 18.0 Å². The fourth-order valence-corrected chi connectivity index (χ4v) is 20.0. The van der Waals surface area contributed by atoms with Gasteiger partial charge in [0.2, 0.25) is 0 Å². The van der Waals surface area contributed by atoms with E-state index in [-0.39, 0.29) is 5.41 Å². The van der Waals surface area contributed by atoms with Crippen LogP contribution in [0.15, 0.2) is 140 Å². The van der Waals surface area contributed by atoms with Crippen LogP contribution in [0, 0.1) is 0 Å². The Hall–Kier alpha value is -2.22. The maximum atomic E-state index is 6.32. The molecule has 0 fully saturated rings. The zero-order valence-corrected chi connectivity index (χ0v) is 27.0. The molecule has 6 aromatic rings. The van der Waals surface area contributed by atoms with Gasteiger partial charge in [-0.05, 0) is 5.41 Å². The molecule has 0 aliphatic rings. The van der Waals surface area contributed by atoms with E-state index in [1.54, 1.807) is 0 Å². The summed E-state index contributed by atoms with van der Waals surface area (Å²) in [6.07, 6.45) is 0. The smallest absolute Gasteiger partial charge is 0.172 e. The molecular weight excluding hydrogens is 599 g/mol. The van der Waals surface area contributed by atoms with Crippen LogP contribution in [0.4, 0.5) is 0 Å². The molecule has 0 nitrogen and oxygen atoms in total. The Labute approximate surface area is 241 Å². The number of benzene rings is 4. The second-order valence-electron chi connectivity index (χ2n) is 10.0. The molecule has 0 saturated heterocycles. The summed E-state index contributed by atoms with van der Waals surface area (Å²) < 4.78 is 0. The molecule has 0 spiro atoms. The van der Waals surface area contributed by atoms with Crippen LogP contribution in [0.2, 0.25) is 0 Å². The maximum absolute atomic E-state index is 6.32. The summed E-state index contributed by atoms with van der Waals surface area (Å²) in [4.78, 5) is 0. The SMILES string of the molecule is CC(C)(C)[c-]1c2ccccc2c2ccccc21.[Cl][Zr]([Cl])=[Si](c1ccccc1)c1ccccc1.c1cc[cH-]c1.